The van der Waals surface area contributed by atoms with E-state index >= 15 is 0 Å². The van der Waals surface area contributed by atoms with Crippen LogP contribution in [-0.4, -0.2) is 11.3 Å². The molecule has 0 fully saturated rings. The number of nitrogens with zero attached hydrogens (tertiary/aromatic N) is 1. The monoisotopic (exact) mass is 399 g/mol. The zero-order valence-corrected chi connectivity index (χ0v) is 16.3. The van der Waals surface area contributed by atoms with Gasteiger partial charge in [0.05, 0.1) is 10.2 Å². The predicted molar refractivity (Wildman–Crippen MR) is 118 cm³/mol. The minimum absolute atomic E-state index is 0.650. The fourth-order valence-electron chi connectivity index (χ4n) is 3.59. The summed E-state index contributed by atoms with van der Waals surface area (Å²) in [6.45, 7) is 0. The second-order valence-electron chi connectivity index (χ2n) is 6.52. The average Bonchev–Trinajstić information content (AvgIpc) is 3.18. The summed E-state index contributed by atoms with van der Waals surface area (Å²) in [6, 6.07) is 25.8. The zero-order valence-electron chi connectivity index (χ0n) is 14.7. The third-order valence-electron chi connectivity index (χ3n) is 4.87. The van der Waals surface area contributed by atoms with Crippen molar-refractivity contribution in [2.75, 3.05) is 0 Å². The summed E-state index contributed by atoms with van der Waals surface area (Å²) >= 11 is 8.06. The highest BCUT2D eigenvalue weighted by atomic mass is 35.5. The molecule has 0 aliphatic rings. The third-order valence-corrected chi connectivity index (χ3v) is 6.36. The van der Waals surface area contributed by atoms with Gasteiger partial charge in [0.25, 0.3) is 0 Å². The molecule has 2 nitrogen and oxygen atoms in total. The number of carbonyl (C=O) groups is 1. The lowest BCUT2D eigenvalue weighted by Gasteiger charge is -2.11. The molecular formula is C24H14ClNOS. The van der Waals surface area contributed by atoms with Crippen LogP contribution in [0.1, 0.15) is 10.4 Å². The van der Waals surface area contributed by atoms with Gasteiger partial charge in [-0.2, -0.15) is 0 Å². The van der Waals surface area contributed by atoms with E-state index < -0.39 is 0 Å². The fourth-order valence-corrected chi connectivity index (χ4v) is 4.91. The zero-order chi connectivity index (χ0) is 19.1. The summed E-state index contributed by atoms with van der Waals surface area (Å²) in [5.74, 6) is 0. The lowest BCUT2D eigenvalue weighted by molar-refractivity contribution is 0.112. The van der Waals surface area contributed by atoms with Crippen molar-refractivity contribution in [2.24, 2.45) is 0 Å². The van der Waals surface area contributed by atoms with E-state index in [1.54, 1.807) is 11.3 Å². The summed E-state index contributed by atoms with van der Waals surface area (Å²) in [5, 5.41) is 3.56. The Morgan fingerprint density at radius 2 is 1.64 bits per heavy atom. The van der Waals surface area contributed by atoms with Gasteiger partial charge in [-0.25, -0.2) is 4.98 Å². The topological polar surface area (TPSA) is 30.0 Å². The Hall–Kier alpha value is -3.01. The summed E-state index contributed by atoms with van der Waals surface area (Å²) in [7, 11) is 0. The number of aldehydes is 1. The lowest BCUT2D eigenvalue weighted by atomic mass is 9.93. The largest absolute Gasteiger partial charge is 0.298 e. The van der Waals surface area contributed by atoms with E-state index in [1.165, 1.54) is 0 Å². The number of aromatic nitrogens is 1. The molecular weight excluding hydrogens is 386 g/mol. The average molecular weight is 400 g/mol. The maximum Gasteiger partial charge on any atom is 0.150 e. The molecule has 0 saturated carbocycles. The molecule has 4 aromatic carbocycles. The molecule has 0 radical (unpaired) electrons. The molecule has 0 amide bonds. The van der Waals surface area contributed by atoms with Crippen LogP contribution in [0.5, 0.6) is 0 Å². The van der Waals surface area contributed by atoms with Crippen LogP contribution in [0.2, 0.25) is 5.02 Å². The SMILES string of the molecule is O=Cc1ccc2c(Cl)cccc2c1-c1cccc2nc(-c3ccccc3)sc12. The van der Waals surface area contributed by atoms with Gasteiger partial charge < -0.3 is 0 Å². The van der Waals surface area contributed by atoms with Gasteiger partial charge in [0.1, 0.15) is 5.01 Å². The maximum absolute atomic E-state index is 11.8. The first-order chi connectivity index (χ1) is 13.8. The molecule has 1 aromatic heterocycles. The van der Waals surface area contributed by atoms with Crippen molar-refractivity contribution in [3.05, 3.63) is 89.4 Å². The molecule has 0 saturated heterocycles. The van der Waals surface area contributed by atoms with Crippen molar-refractivity contribution in [2.45, 2.75) is 0 Å². The minimum atomic E-state index is 0.650. The molecule has 5 aromatic rings. The molecule has 0 unspecified atom stereocenters. The minimum Gasteiger partial charge on any atom is -0.298 e. The summed E-state index contributed by atoms with van der Waals surface area (Å²) < 4.78 is 1.07. The molecule has 28 heavy (non-hydrogen) atoms. The van der Waals surface area contributed by atoms with Gasteiger partial charge in [-0.1, -0.05) is 78.3 Å². The number of carbonyl (C=O) groups excluding carboxylic acids is 1. The highest BCUT2D eigenvalue weighted by Gasteiger charge is 2.16. The van der Waals surface area contributed by atoms with Gasteiger partial charge in [-0.05, 0) is 17.5 Å². The summed E-state index contributed by atoms with van der Waals surface area (Å²) in [4.78, 5) is 16.7. The van der Waals surface area contributed by atoms with E-state index in [0.717, 1.165) is 49.0 Å². The van der Waals surface area contributed by atoms with E-state index in [4.69, 9.17) is 16.6 Å². The van der Waals surface area contributed by atoms with Crippen molar-refractivity contribution >= 4 is 50.2 Å². The van der Waals surface area contributed by atoms with Gasteiger partial charge >= 0.3 is 0 Å². The van der Waals surface area contributed by atoms with Crippen LogP contribution in [0, 0.1) is 0 Å². The summed E-state index contributed by atoms with van der Waals surface area (Å²) in [5.41, 5.74) is 4.58. The van der Waals surface area contributed by atoms with E-state index in [9.17, 15) is 4.79 Å². The van der Waals surface area contributed by atoms with Crippen molar-refractivity contribution in [1.82, 2.24) is 4.98 Å². The van der Waals surface area contributed by atoms with Gasteiger partial charge in [-0.15, -0.1) is 11.3 Å². The van der Waals surface area contributed by atoms with Crippen molar-refractivity contribution < 1.29 is 4.79 Å². The van der Waals surface area contributed by atoms with E-state index in [1.807, 2.05) is 60.7 Å². The van der Waals surface area contributed by atoms with Crippen LogP contribution in [0.15, 0.2) is 78.9 Å². The fraction of sp³-hybridized carbons (Fsp3) is 0. The standard InChI is InChI=1S/C24H14ClNOS/c25-20-10-4-8-18-17(20)13-12-16(14-27)22(18)19-9-5-11-21-23(19)28-24(26-21)15-6-2-1-3-7-15/h1-14H. The number of halogens is 1. The van der Waals surface area contributed by atoms with Crippen LogP contribution < -0.4 is 0 Å². The van der Waals surface area contributed by atoms with Gasteiger partial charge in [0.2, 0.25) is 0 Å². The van der Waals surface area contributed by atoms with Crippen molar-refractivity contribution in [3.63, 3.8) is 0 Å². The van der Waals surface area contributed by atoms with Crippen molar-refractivity contribution in [3.8, 4) is 21.7 Å². The normalized spacial score (nSPS) is 11.2. The first-order valence-electron chi connectivity index (χ1n) is 8.88. The Morgan fingerprint density at radius 1 is 0.821 bits per heavy atom. The van der Waals surface area contributed by atoms with Crippen molar-refractivity contribution in [1.29, 1.82) is 0 Å². The first kappa shape index (κ1) is 17.1. The predicted octanol–water partition coefficient (Wildman–Crippen LogP) is 7.25. The molecule has 0 spiro atoms. The van der Waals surface area contributed by atoms with Crippen LogP contribution in [0.3, 0.4) is 0 Å². The quantitative estimate of drug-likeness (QED) is 0.299. The summed E-state index contributed by atoms with van der Waals surface area (Å²) in [6.07, 6.45) is 0.910. The Bertz CT molecular complexity index is 1340. The first-order valence-corrected chi connectivity index (χ1v) is 10.1. The van der Waals surface area contributed by atoms with E-state index in [0.29, 0.717) is 10.6 Å². The number of hydrogen-bond acceptors (Lipinski definition) is 3. The molecule has 0 bridgehead atoms. The molecule has 0 aliphatic carbocycles. The van der Waals surface area contributed by atoms with Gasteiger partial charge in [0, 0.05) is 32.7 Å². The lowest BCUT2D eigenvalue weighted by Crippen LogP contribution is -1.90. The highest BCUT2D eigenvalue weighted by molar-refractivity contribution is 7.22. The molecule has 0 atom stereocenters. The molecule has 5 rings (SSSR count). The number of hydrogen-bond donors (Lipinski definition) is 0. The number of fused-ring (bicyclic) bond motifs is 2. The Kier molecular flexibility index (Phi) is 4.19. The molecule has 0 aliphatic heterocycles. The van der Waals surface area contributed by atoms with E-state index in [-0.39, 0.29) is 0 Å². The molecule has 1 heterocycles. The number of benzene rings is 4. The highest BCUT2D eigenvalue weighted by Crippen LogP contribution is 2.41. The second kappa shape index (κ2) is 6.86. The molecule has 0 N–H and O–H groups in total. The second-order valence-corrected chi connectivity index (χ2v) is 7.93. The van der Waals surface area contributed by atoms with Crippen LogP contribution in [0.25, 0.3) is 42.7 Å². The van der Waals surface area contributed by atoms with Crippen LogP contribution in [0.4, 0.5) is 0 Å². The maximum atomic E-state index is 11.8. The van der Waals surface area contributed by atoms with E-state index in [2.05, 4.69) is 18.2 Å². The van der Waals surface area contributed by atoms with Crippen LogP contribution in [-0.2, 0) is 0 Å². The third kappa shape index (κ3) is 2.71. The Labute approximate surface area is 171 Å². The Morgan fingerprint density at radius 3 is 2.46 bits per heavy atom. The number of rotatable bonds is 3. The molecule has 4 heteroatoms. The number of thiazole rings is 1. The Balaban J connectivity index is 1.84. The van der Waals surface area contributed by atoms with Gasteiger partial charge in [0.15, 0.2) is 6.29 Å². The van der Waals surface area contributed by atoms with Crippen LogP contribution >= 0.6 is 22.9 Å². The van der Waals surface area contributed by atoms with Gasteiger partial charge in [-0.3, -0.25) is 4.79 Å². The smallest absolute Gasteiger partial charge is 0.150 e. The molecule has 134 valence electrons.